The van der Waals surface area contributed by atoms with Crippen LogP contribution in [0.4, 0.5) is 26.3 Å². The van der Waals surface area contributed by atoms with E-state index < -0.39 is 53.4 Å². The Bertz CT molecular complexity index is 955. The van der Waals surface area contributed by atoms with E-state index in [2.05, 4.69) is 10.1 Å². The van der Waals surface area contributed by atoms with Gasteiger partial charge in [-0.3, -0.25) is 4.79 Å². The number of amides is 1. The Morgan fingerprint density at radius 1 is 0.969 bits per heavy atom. The molecule has 0 heterocycles. The van der Waals surface area contributed by atoms with Gasteiger partial charge in [-0.1, -0.05) is 29.3 Å². The Balaban J connectivity index is 2.29. The molecule has 12 heteroatoms. The first-order chi connectivity index (χ1) is 14.7. The zero-order valence-electron chi connectivity index (χ0n) is 16.2. The van der Waals surface area contributed by atoms with Crippen molar-refractivity contribution in [1.29, 1.82) is 0 Å². The normalized spacial score (nSPS) is 12.9. The van der Waals surface area contributed by atoms with Crippen molar-refractivity contribution in [2.75, 3.05) is 7.11 Å². The van der Waals surface area contributed by atoms with Crippen molar-refractivity contribution in [1.82, 2.24) is 5.32 Å². The monoisotopic (exact) mass is 501 g/mol. The number of rotatable bonds is 6. The zero-order valence-corrected chi connectivity index (χ0v) is 17.7. The summed E-state index contributed by atoms with van der Waals surface area (Å²) in [5.74, 6) is -1.91. The van der Waals surface area contributed by atoms with Crippen LogP contribution in [0.25, 0.3) is 0 Å². The lowest BCUT2D eigenvalue weighted by Gasteiger charge is -2.19. The third kappa shape index (κ3) is 6.77. The number of ether oxygens (including phenoxy) is 1. The van der Waals surface area contributed by atoms with E-state index in [0.717, 1.165) is 7.11 Å². The Morgan fingerprint density at radius 3 is 1.91 bits per heavy atom. The number of hydrogen-bond acceptors (Lipinski definition) is 3. The first kappa shape index (κ1) is 25.8. The van der Waals surface area contributed by atoms with Gasteiger partial charge >= 0.3 is 18.3 Å². The molecule has 32 heavy (non-hydrogen) atoms. The number of halogens is 8. The molecule has 2 rings (SSSR count). The number of hydrogen-bond donors (Lipinski definition) is 1. The molecule has 2 aromatic rings. The number of carbonyl (C=O) groups is 2. The van der Waals surface area contributed by atoms with Crippen LogP contribution < -0.4 is 5.32 Å². The maximum Gasteiger partial charge on any atom is 0.416 e. The highest BCUT2D eigenvalue weighted by Gasteiger charge is 2.37. The summed E-state index contributed by atoms with van der Waals surface area (Å²) in [5.41, 5.74) is -3.35. The van der Waals surface area contributed by atoms with E-state index in [9.17, 15) is 35.9 Å². The molecule has 4 nitrogen and oxygen atoms in total. The van der Waals surface area contributed by atoms with Crippen molar-refractivity contribution in [2.45, 2.75) is 31.2 Å². The molecular formula is C20H15Cl2F6NO3. The van der Waals surface area contributed by atoms with Crippen LogP contribution in [0.3, 0.4) is 0 Å². The quantitative estimate of drug-likeness (QED) is 0.421. The van der Waals surface area contributed by atoms with Crippen molar-refractivity contribution in [3.63, 3.8) is 0 Å². The van der Waals surface area contributed by atoms with Crippen LogP contribution in [0.2, 0.25) is 10.0 Å². The maximum absolute atomic E-state index is 13.0. The number of carbonyl (C=O) groups excluding carboxylic acids is 2. The van der Waals surface area contributed by atoms with E-state index >= 15 is 0 Å². The summed E-state index contributed by atoms with van der Waals surface area (Å²) in [7, 11) is 1.04. The first-order valence-corrected chi connectivity index (χ1v) is 9.56. The summed E-state index contributed by atoms with van der Waals surface area (Å²) in [6, 6.07) is 4.02. The second kappa shape index (κ2) is 9.99. The van der Waals surface area contributed by atoms with Gasteiger partial charge in [0.1, 0.15) is 6.04 Å². The van der Waals surface area contributed by atoms with Crippen LogP contribution in [-0.2, 0) is 39.5 Å². The summed E-state index contributed by atoms with van der Waals surface area (Å²) in [6.07, 6.45) is -11.2. The van der Waals surface area contributed by atoms with Crippen LogP contribution in [0, 0.1) is 0 Å². The number of nitrogens with one attached hydrogen (secondary N) is 1. The van der Waals surface area contributed by atoms with Gasteiger partial charge in [-0.2, -0.15) is 26.3 Å². The summed E-state index contributed by atoms with van der Waals surface area (Å²) in [5, 5.41) is 2.62. The number of benzene rings is 2. The van der Waals surface area contributed by atoms with E-state index in [1.165, 1.54) is 12.1 Å². The summed E-state index contributed by atoms with van der Waals surface area (Å²) in [6.45, 7) is 0. The van der Waals surface area contributed by atoms with Crippen molar-refractivity contribution in [2.24, 2.45) is 0 Å². The lowest BCUT2D eigenvalue weighted by Crippen LogP contribution is -2.43. The Labute approximate surface area is 188 Å². The fourth-order valence-corrected chi connectivity index (χ4v) is 3.37. The topological polar surface area (TPSA) is 55.4 Å². The molecule has 0 bridgehead atoms. The largest absolute Gasteiger partial charge is 0.467 e. The van der Waals surface area contributed by atoms with Gasteiger partial charge in [0.2, 0.25) is 5.91 Å². The van der Waals surface area contributed by atoms with Crippen LogP contribution in [0.5, 0.6) is 0 Å². The first-order valence-electron chi connectivity index (χ1n) is 8.80. The molecule has 0 saturated carbocycles. The minimum atomic E-state index is -5.05. The SMILES string of the molecule is COC(=O)[C@@H](Cc1c(Cl)cccc1Cl)NC(=O)Cc1cc(C(F)(F)F)cc(C(F)(F)F)c1. The number of methoxy groups -OCH3 is 1. The van der Waals surface area contributed by atoms with Crippen molar-refractivity contribution in [3.8, 4) is 0 Å². The smallest absolute Gasteiger partial charge is 0.416 e. The van der Waals surface area contributed by atoms with Crippen molar-refractivity contribution < 1.29 is 40.7 Å². The number of alkyl halides is 6. The van der Waals surface area contributed by atoms with E-state index in [1.807, 2.05) is 0 Å². The Kier molecular flexibility index (Phi) is 8.06. The number of esters is 1. The van der Waals surface area contributed by atoms with Gasteiger partial charge in [-0.15, -0.1) is 0 Å². The van der Waals surface area contributed by atoms with Crippen molar-refractivity contribution in [3.05, 3.63) is 68.7 Å². The van der Waals surface area contributed by atoms with E-state index in [1.54, 1.807) is 6.07 Å². The van der Waals surface area contributed by atoms with Gasteiger partial charge in [0.05, 0.1) is 24.7 Å². The molecule has 0 spiro atoms. The van der Waals surface area contributed by atoms with E-state index in [0.29, 0.717) is 17.7 Å². The molecule has 1 amide bonds. The highest BCUT2D eigenvalue weighted by atomic mass is 35.5. The molecule has 0 aliphatic heterocycles. The van der Waals surface area contributed by atoms with Gasteiger partial charge in [-0.25, -0.2) is 4.79 Å². The van der Waals surface area contributed by atoms with E-state index in [-0.39, 0.29) is 22.5 Å². The predicted molar refractivity (Wildman–Crippen MR) is 104 cm³/mol. The van der Waals surface area contributed by atoms with Crippen molar-refractivity contribution >= 4 is 35.1 Å². The Morgan fingerprint density at radius 2 is 1.47 bits per heavy atom. The average Bonchev–Trinajstić information content (AvgIpc) is 2.67. The average molecular weight is 502 g/mol. The van der Waals surface area contributed by atoms with Gasteiger partial charge in [0.25, 0.3) is 0 Å². The minimum Gasteiger partial charge on any atom is -0.467 e. The molecule has 0 saturated heterocycles. The second-order valence-electron chi connectivity index (χ2n) is 6.64. The van der Waals surface area contributed by atoms with Gasteiger partial charge in [-0.05, 0) is 41.5 Å². The van der Waals surface area contributed by atoms with Gasteiger partial charge < -0.3 is 10.1 Å². The van der Waals surface area contributed by atoms with Gasteiger partial charge in [0.15, 0.2) is 0 Å². The molecule has 0 fully saturated rings. The fraction of sp³-hybridized carbons (Fsp3) is 0.300. The molecule has 174 valence electrons. The molecule has 0 aliphatic carbocycles. The lowest BCUT2D eigenvalue weighted by molar-refractivity contribution is -0.145. The Hall–Kier alpha value is -2.46. The molecule has 0 radical (unpaired) electrons. The predicted octanol–water partition coefficient (Wildman–Crippen LogP) is 5.47. The molecule has 0 aromatic heterocycles. The molecule has 2 aromatic carbocycles. The summed E-state index contributed by atoms with van der Waals surface area (Å²) < 4.78 is 82.6. The zero-order chi connectivity index (χ0) is 24.3. The molecule has 1 N–H and O–H groups in total. The molecule has 0 aliphatic rings. The van der Waals surface area contributed by atoms with Crippen LogP contribution in [0.1, 0.15) is 22.3 Å². The van der Waals surface area contributed by atoms with Gasteiger partial charge in [0, 0.05) is 16.5 Å². The maximum atomic E-state index is 13.0. The molecular weight excluding hydrogens is 487 g/mol. The minimum absolute atomic E-state index is 0.0436. The fourth-order valence-electron chi connectivity index (χ4n) is 2.82. The van der Waals surface area contributed by atoms with Crippen LogP contribution >= 0.6 is 23.2 Å². The third-order valence-electron chi connectivity index (χ3n) is 4.30. The van der Waals surface area contributed by atoms with Crippen LogP contribution in [0.15, 0.2) is 36.4 Å². The molecule has 0 unspecified atom stereocenters. The highest BCUT2D eigenvalue weighted by molar-refractivity contribution is 6.36. The molecule has 1 atom stereocenters. The summed E-state index contributed by atoms with van der Waals surface area (Å²) in [4.78, 5) is 24.5. The second-order valence-corrected chi connectivity index (χ2v) is 7.45. The lowest BCUT2D eigenvalue weighted by atomic mass is 10.0. The summed E-state index contributed by atoms with van der Waals surface area (Å²) >= 11 is 12.1. The highest BCUT2D eigenvalue weighted by Crippen LogP contribution is 2.36. The standard InChI is InChI=1S/C20H15Cl2F6NO3/c1-32-18(31)16(9-13-14(21)3-2-4-15(13)22)29-17(30)7-10-5-11(19(23,24)25)8-12(6-10)20(26,27)28/h2-6,8,16H,7,9H2,1H3,(H,29,30)/t16-/m1/s1. The van der Waals surface area contributed by atoms with E-state index in [4.69, 9.17) is 23.2 Å². The van der Waals surface area contributed by atoms with Crippen LogP contribution in [-0.4, -0.2) is 25.0 Å². The third-order valence-corrected chi connectivity index (χ3v) is 5.01.